The van der Waals surface area contributed by atoms with Crippen molar-refractivity contribution in [3.05, 3.63) is 29.8 Å². The van der Waals surface area contributed by atoms with Gasteiger partial charge in [-0.15, -0.1) is 11.8 Å². The topological polar surface area (TPSA) is 40.5 Å². The number of rotatable bonds is 4. The van der Waals surface area contributed by atoms with Crippen molar-refractivity contribution in [2.45, 2.75) is 37.2 Å². The number of nitrogens with zero attached hydrogens (tertiary/aromatic N) is 1. The van der Waals surface area contributed by atoms with Crippen molar-refractivity contribution >= 4 is 17.7 Å². The molecule has 1 aliphatic heterocycles. The number of benzene rings is 1. The lowest BCUT2D eigenvalue weighted by Crippen LogP contribution is -2.42. The number of amides is 1. The van der Waals surface area contributed by atoms with E-state index < -0.39 is 0 Å². The minimum Gasteiger partial charge on any atom is -0.391 e. The Balaban J connectivity index is 1.73. The molecule has 1 aromatic carbocycles. The van der Waals surface area contributed by atoms with Gasteiger partial charge >= 0.3 is 0 Å². The second kappa shape index (κ2) is 6.96. The number of aryl methyl sites for hydroxylation is 1. The van der Waals surface area contributed by atoms with Gasteiger partial charge in [-0.25, -0.2) is 0 Å². The minimum absolute atomic E-state index is 0.165. The number of piperidine rings is 1. The summed E-state index contributed by atoms with van der Waals surface area (Å²) in [5.41, 5.74) is 1.25. The molecule has 1 fully saturated rings. The molecule has 1 aromatic rings. The van der Waals surface area contributed by atoms with Crippen LogP contribution in [0.15, 0.2) is 29.2 Å². The third-order valence-corrected chi connectivity index (χ3v) is 4.37. The summed E-state index contributed by atoms with van der Waals surface area (Å²) in [4.78, 5) is 15.0. The molecule has 0 unspecified atom stereocenters. The highest BCUT2D eigenvalue weighted by molar-refractivity contribution is 7.99. The molecular formula is C15H21NO2S. The van der Waals surface area contributed by atoms with Gasteiger partial charge in [-0.3, -0.25) is 4.79 Å². The van der Waals surface area contributed by atoms with Gasteiger partial charge in [0.05, 0.1) is 6.10 Å². The maximum absolute atomic E-state index is 12.0. The van der Waals surface area contributed by atoms with Crippen LogP contribution in [0.3, 0.4) is 0 Å². The number of hydrogen-bond donors (Lipinski definition) is 1. The van der Waals surface area contributed by atoms with Gasteiger partial charge in [0.15, 0.2) is 0 Å². The third-order valence-electron chi connectivity index (χ3n) is 3.35. The van der Waals surface area contributed by atoms with E-state index in [1.807, 2.05) is 0 Å². The fourth-order valence-electron chi connectivity index (χ4n) is 2.23. The molecule has 104 valence electrons. The second-order valence-corrected chi connectivity index (χ2v) is 6.22. The van der Waals surface area contributed by atoms with E-state index in [2.05, 4.69) is 31.2 Å². The molecule has 1 N–H and O–H groups in total. The number of likely N-dealkylation sites (tertiary alicyclic amines) is 1. The number of carbonyl (C=O) groups excluding carboxylic acids is 1. The Morgan fingerprint density at radius 2 is 2.16 bits per heavy atom. The smallest absolute Gasteiger partial charge is 0.223 e. The zero-order chi connectivity index (χ0) is 13.7. The van der Waals surface area contributed by atoms with Crippen LogP contribution >= 0.6 is 11.8 Å². The predicted molar refractivity (Wildman–Crippen MR) is 78.3 cm³/mol. The molecule has 1 saturated heterocycles. The molecule has 1 aliphatic rings. The SMILES string of the molecule is Cc1ccc(SCCC(=O)N2CCC[C@H](O)C2)cc1. The first-order valence-electron chi connectivity index (χ1n) is 6.80. The molecule has 4 heteroatoms. The molecule has 2 rings (SSSR count). The Kier molecular flexibility index (Phi) is 5.28. The van der Waals surface area contributed by atoms with Crippen LogP contribution in [0.2, 0.25) is 0 Å². The first kappa shape index (κ1) is 14.4. The molecule has 0 aliphatic carbocycles. The van der Waals surface area contributed by atoms with Crippen molar-refractivity contribution in [2.75, 3.05) is 18.8 Å². The number of β-amino-alcohol motifs (C(OH)–C–C–N with tert-alkyl or cyclic N) is 1. The first-order valence-corrected chi connectivity index (χ1v) is 7.79. The molecule has 0 radical (unpaired) electrons. The standard InChI is InChI=1S/C15H21NO2S/c1-12-4-6-14(7-5-12)19-10-8-15(18)16-9-2-3-13(17)11-16/h4-7,13,17H,2-3,8-11H2,1H3/t13-/m0/s1. The van der Waals surface area contributed by atoms with E-state index in [1.54, 1.807) is 16.7 Å². The molecule has 0 saturated carbocycles. The van der Waals surface area contributed by atoms with Crippen molar-refractivity contribution in [3.63, 3.8) is 0 Å². The van der Waals surface area contributed by atoms with Crippen LogP contribution < -0.4 is 0 Å². The maximum atomic E-state index is 12.0. The molecule has 0 spiro atoms. The zero-order valence-corrected chi connectivity index (χ0v) is 12.2. The van der Waals surface area contributed by atoms with Gasteiger partial charge in [-0.1, -0.05) is 17.7 Å². The molecule has 19 heavy (non-hydrogen) atoms. The Labute approximate surface area is 119 Å². The highest BCUT2D eigenvalue weighted by atomic mass is 32.2. The average Bonchev–Trinajstić information content (AvgIpc) is 2.41. The first-order chi connectivity index (χ1) is 9.15. The molecular weight excluding hydrogens is 258 g/mol. The molecule has 0 aromatic heterocycles. The largest absolute Gasteiger partial charge is 0.391 e. The minimum atomic E-state index is -0.331. The van der Waals surface area contributed by atoms with E-state index in [0.717, 1.165) is 25.1 Å². The Morgan fingerprint density at radius 3 is 2.84 bits per heavy atom. The lowest BCUT2D eigenvalue weighted by molar-refractivity contribution is -0.133. The van der Waals surface area contributed by atoms with Gasteiger partial charge in [0.25, 0.3) is 0 Å². The number of carbonyl (C=O) groups is 1. The second-order valence-electron chi connectivity index (χ2n) is 5.05. The van der Waals surface area contributed by atoms with E-state index >= 15 is 0 Å². The lowest BCUT2D eigenvalue weighted by Gasteiger charge is -2.30. The predicted octanol–water partition coefficient (Wildman–Crippen LogP) is 2.46. The maximum Gasteiger partial charge on any atom is 0.223 e. The summed E-state index contributed by atoms with van der Waals surface area (Å²) in [7, 11) is 0. The fourth-order valence-corrected chi connectivity index (χ4v) is 3.07. The summed E-state index contributed by atoms with van der Waals surface area (Å²) < 4.78 is 0. The Bertz CT molecular complexity index is 419. The van der Waals surface area contributed by atoms with Crippen LogP contribution in [-0.4, -0.2) is 40.9 Å². The van der Waals surface area contributed by atoms with Crippen molar-refractivity contribution in [1.82, 2.24) is 4.90 Å². The molecule has 1 heterocycles. The number of hydrogen-bond acceptors (Lipinski definition) is 3. The summed E-state index contributed by atoms with van der Waals surface area (Å²) in [6, 6.07) is 8.36. The Hall–Kier alpha value is -1.00. The van der Waals surface area contributed by atoms with Gasteiger partial charge in [0, 0.05) is 30.2 Å². The summed E-state index contributed by atoms with van der Waals surface area (Å²) in [5.74, 6) is 0.965. The fraction of sp³-hybridized carbons (Fsp3) is 0.533. The van der Waals surface area contributed by atoms with Crippen LogP contribution in [-0.2, 0) is 4.79 Å². The number of aliphatic hydroxyl groups excluding tert-OH is 1. The molecule has 1 atom stereocenters. The van der Waals surface area contributed by atoms with Crippen molar-refractivity contribution in [2.24, 2.45) is 0 Å². The Morgan fingerprint density at radius 1 is 1.42 bits per heavy atom. The average molecular weight is 279 g/mol. The van der Waals surface area contributed by atoms with Crippen LogP contribution in [0, 0.1) is 6.92 Å². The van der Waals surface area contributed by atoms with E-state index in [1.165, 1.54) is 10.5 Å². The highest BCUT2D eigenvalue weighted by Gasteiger charge is 2.21. The molecule has 3 nitrogen and oxygen atoms in total. The summed E-state index contributed by atoms with van der Waals surface area (Å²) in [5, 5.41) is 9.56. The van der Waals surface area contributed by atoms with E-state index in [9.17, 15) is 9.90 Å². The number of aliphatic hydroxyl groups is 1. The highest BCUT2D eigenvalue weighted by Crippen LogP contribution is 2.20. The normalized spacial score (nSPS) is 19.5. The van der Waals surface area contributed by atoms with Gasteiger partial charge in [-0.2, -0.15) is 0 Å². The zero-order valence-electron chi connectivity index (χ0n) is 11.3. The van der Waals surface area contributed by atoms with Crippen molar-refractivity contribution < 1.29 is 9.90 Å². The van der Waals surface area contributed by atoms with Gasteiger partial charge in [0.2, 0.25) is 5.91 Å². The third kappa shape index (κ3) is 4.55. The lowest BCUT2D eigenvalue weighted by atomic mass is 10.1. The van der Waals surface area contributed by atoms with E-state index in [-0.39, 0.29) is 12.0 Å². The van der Waals surface area contributed by atoms with Crippen LogP contribution in [0.25, 0.3) is 0 Å². The number of thioether (sulfide) groups is 1. The van der Waals surface area contributed by atoms with Crippen molar-refractivity contribution in [3.8, 4) is 0 Å². The summed E-state index contributed by atoms with van der Waals surface area (Å²) in [6.45, 7) is 3.37. The van der Waals surface area contributed by atoms with Gasteiger partial charge in [0.1, 0.15) is 0 Å². The molecule has 0 bridgehead atoms. The monoisotopic (exact) mass is 279 g/mol. The molecule has 1 amide bonds. The quantitative estimate of drug-likeness (QED) is 0.861. The van der Waals surface area contributed by atoms with E-state index in [4.69, 9.17) is 0 Å². The van der Waals surface area contributed by atoms with Crippen LogP contribution in [0.4, 0.5) is 0 Å². The van der Waals surface area contributed by atoms with E-state index in [0.29, 0.717) is 13.0 Å². The van der Waals surface area contributed by atoms with Gasteiger partial charge < -0.3 is 10.0 Å². The van der Waals surface area contributed by atoms with Crippen LogP contribution in [0.1, 0.15) is 24.8 Å². The summed E-state index contributed by atoms with van der Waals surface area (Å²) in [6.07, 6.45) is 1.95. The van der Waals surface area contributed by atoms with Crippen molar-refractivity contribution in [1.29, 1.82) is 0 Å². The van der Waals surface area contributed by atoms with Gasteiger partial charge in [-0.05, 0) is 31.9 Å². The van der Waals surface area contributed by atoms with Crippen LogP contribution in [0.5, 0.6) is 0 Å². The summed E-state index contributed by atoms with van der Waals surface area (Å²) >= 11 is 1.71.